The number of benzene rings is 1. The van der Waals surface area contributed by atoms with E-state index < -0.39 is 0 Å². The van der Waals surface area contributed by atoms with Crippen molar-refractivity contribution >= 4 is 23.3 Å². The molecule has 0 fully saturated rings. The molecule has 0 saturated heterocycles. The molecule has 1 aromatic carbocycles. The number of fused-ring (bicyclic) bond motifs is 1. The molecule has 1 atom stereocenters. The maximum atomic E-state index is 11.8. The summed E-state index contributed by atoms with van der Waals surface area (Å²) in [5.74, 6) is -0.0779. The molecule has 1 aliphatic heterocycles. The standard InChI is InChI=1S/C17H17NO2S/c19-17(8-7-16-6-3-9-21-16)18-11-15-10-13-4-1-2-5-14(13)12-20-15/h1-9,15H,10-12H2,(H,18,19)/b8-7+. The Hall–Kier alpha value is -1.91. The summed E-state index contributed by atoms with van der Waals surface area (Å²) >= 11 is 1.61. The zero-order valence-corrected chi connectivity index (χ0v) is 12.4. The lowest BCUT2D eigenvalue weighted by Gasteiger charge is -2.25. The van der Waals surface area contributed by atoms with Gasteiger partial charge >= 0.3 is 0 Å². The van der Waals surface area contributed by atoms with E-state index in [9.17, 15) is 4.79 Å². The van der Waals surface area contributed by atoms with E-state index in [0.29, 0.717) is 13.2 Å². The molecule has 1 unspecified atom stereocenters. The van der Waals surface area contributed by atoms with Crippen LogP contribution in [0.5, 0.6) is 0 Å². The minimum Gasteiger partial charge on any atom is -0.371 e. The molecule has 1 aliphatic rings. The number of carbonyl (C=O) groups excluding carboxylic acids is 1. The van der Waals surface area contributed by atoms with E-state index in [0.717, 1.165) is 11.3 Å². The summed E-state index contributed by atoms with van der Waals surface area (Å²) in [6.07, 6.45) is 4.31. The molecule has 21 heavy (non-hydrogen) atoms. The van der Waals surface area contributed by atoms with Crippen molar-refractivity contribution in [1.29, 1.82) is 0 Å². The smallest absolute Gasteiger partial charge is 0.244 e. The van der Waals surface area contributed by atoms with Crippen molar-refractivity contribution in [2.45, 2.75) is 19.1 Å². The van der Waals surface area contributed by atoms with Gasteiger partial charge in [0.1, 0.15) is 0 Å². The third-order valence-electron chi connectivity index (χ3n) is 3.49. The van der Waals surface area contributed by atoms with Crippen molar-refractivity contribution in [3.05, 3.63) is 63.9 Å². The molecule has 1 aromatic heterocycles. The lowest BCUT2D eigenvalue weighted by Crippen LogP contribution is -2.36. The molecular weight excluding hydrogens is 282 g/mol. The summed E-state index contributed by atoms with van der Waals surface area (Å²) in [4.78, 5) is 12.9. The van der Waals surface area contributed by atoms with Crippen LogP contribution in [0.25, 0.3) is 6.08 Å². The lowest BCUT2D eigenvalue weighted by atomic mass is 9.99. The average Bonchev–Trinajstić information content (AvgIpc) is 3.04. The molecule has 0 radical (unpaired) electrons. The van der Waals surface area contributed by atoms with Gasteiger partial charge in [0.25, 0.3) is 0 Å². The molecule has 2 aromatic rings. The van der Waals surface area contributed by atoms with Gasteiger partial charge in [0.2, 0.25) is 5.91 Å². The highest BCUT2D eigenvalue weighted by atomic mass is 32.1. The number of rotatable bonds is 4. The second-order valence-electron chi connectivity index (χ2n) is 5.00. The van der Waals surface area contributed by atoms with E-state index in [1.54, 1.807) is 17.4 Å². The van der Waals surface area contributed by atoms with Gasteiger partial charge in [-0.05, 0) is 28.6 Å². The second-order valence-corrected chi connectivity index (χ2v) is 5.98. The van der Waals surface area contributed by atoms with Crippen molar-refractivity contribution in [2.24, 2.45) is 0 Å². The minimum atomic E-state index is -0.0779. The normalized spacial score (nSPS) is 17.6. The van der Waals surface area contributed by atoms with Crippen molar-refractivity contribution < 1.29 is 9.53 Å². The first-order valence-corrected chi connectivity index (χ1v) is 7.87. The van der Waals surface area contributed by atoms with Gasteiger partial charge in [0, 0.05) is 23.9 Å². The maximum absolute atomic E-state index is 11.8. The summed E-state index contributed by atoms with van der Waals surface area (Å²) in [5.41, 5.74) is 2.56. The Kier molecular flexibility index (Phi) is 4.48. The Morgan fingerprint density at radius 1 is 1.29 bits per heavy atom. The maximum Gasteiger partial charge on any atom is 0.244 e. The van der Waals surface area contributed by atoms with Crippen LogP contribution in [0, 0.1) is 0 Å². The van der Waals surface area contributed by atoms with Crippen LogP contribution < -0.4 is 5.32 Å². The van der Waals surface area contributed by atoms with Crippen LogP contribution in [0.4, 0.5) is 0 Å². The molecule has 0 saturated carbocycles. The third-order valence-corrected chi connectivity index (χ3v) is 4.32. The lowest BCUT2D eigenvalue weighted by molar-refractivity contribution is -0.117. The van der Waals surface area contributed by atoms with Gasteiger partial charge in [0.05, 0.1) is 12.7 Å². The first-order valence-electron chi connectivity index (χ1n) is 6.99. The SMILES string of the molecule is O=C(/C=C/c1cccs1)NCC1Cc2ccccc2CO1. The van der Waals surface area contributed by atoms with Gasteiger partial charge in [-0.25, -0.2) is 0 Å². The first-order chi connectivity index (χ1) is 10.3. The zero-order chi connectivity index (χ0) is 14.5. The monoisotopic (exact) mass is 299 g/mol. The molecule has 0 bridgehead atoms. The molecular formula is C17H17NO2S. The molecule has 3 nitrogen and oxygen atoms in total. The Bertz CT molecular complexity index is 634. The second kappa shape index (κ2) is 6.70. The zero-order valence-electron chi connectivity index (χ0n) is 11.6. The molecule has 4 heteroatoms. The van der Waals surface area contributed by atoms with Gasteiger partial charge in [0.15, 0.2) is 0 Å². The number of ether oxygens (including phenoxy) is 1. The first kappa shape index (κ1) is 14.0. The molecule has 3 rings (SSSR count). The number of amides is 1. The van der Waals surface area contributed by atoms with Crippen LogP contribution in [-0.4, -0.2) is 18.6 Å². The van der Waals surface area contributed by atoms with Crippen molar-refractivity contribution in [3.8, 4) is 0 Å². The molecule has 0 spiro atoms. The van der Waals surface area contributed by atoms with Crippen LogP contribution >= 0.6 is 11.3 Å². The number of hydrogen-bond donors (Lipinski definition) is 1. The fraction of sp³-hybridized carbons (Fsp3) is 0.235. The average molecular weight is 299 g/mol. The summed E-state index contributed by atoms with van der Waals surface area (Å²) in [6, 6.07) is 12.2. The van der Waals surface area contributed by atoms with E-state index in [4.69, 9.17) is 4.74 Å². The quantitative estimate of drug-likeness (QED) is 0.881. The molecule has 1 N–H and O–H groups in total. The topological polar surface area (TPSA) is 38.3 Å². The number of thiophene rings is 1. The van der Waals surface area contributed by atoms with Crippen molar-refractivity contribution in [1.82, 2.24) is 5.32 Å². The van der Waals surface area contributed by atoms with E-state index in [2.05, 4.69) is 17.4 Å². The highest BCUT2D eigenvalue weighted by Gasteiger charge is 2.18. The largest absolute Gasteiger partial charge is 0.371 e. The third kappa shape index (κ3) is 3.80. The van der Waals surface area contributed by atoms with E-state index >= 15 is 0 Å². The van der Waals surface area contributed by atoms with E-state index in [-0.39, 0.29) is 12.0 Å². The fourth-order valence-corrected chi connectivity index (χ4v) is 2.98. The molecule has 1 amide bonds. The van der Waals surface area contributed by atoms with Gasteiger partial charge in [-0.1, -0.05) is 30.3 Å². The highest BCUT2D eigenvalue weighted by Crippen LogP contribution is 2.19. The molecule has 2 heterocycles. The Labute approximate surface area is 128 Å². The van der Waals surface area contributed by atoms with Gasteiger partial charge < -0.3 is 10.1 Å². The van der Waals surface area contributed by atoms with Crippen molar-refractivity contribution in [3.63, 3.8) is 0 Å². The molecule has 0 aliphatic carbocycles. The van der Waals surface area contributed by atoms with Crippen molar-refractivity contribution in [2.75, 3.05) is 6.54 Å². The predicted molar refractivity (Wildman–Crippen MR) is 85.1 cm³/mol. The minimum absolute atomic E-state index is 0.0546. The Morgan fingerprint density at radius 3 is 2.95 bits per heavy atom. The van der Waals surface area contributed by atoms with Crippen LogP contribution in [0.15, 0.2) is 47.9 Å². The number of hydrogen-bond acceptors (Lipinski definition) is 3. The predicted octanol–water partition coefficient (Wildman–Crippen LogP) is 3.02. The Balaban J connectivity index is 1.49. The van der Waals surface area contributed by atoms with Crippen LogP contribution in [-0.2, 0) is 22.6 Å². The summed E-state index contributed by atoms with van der Waals surface area (Å²) in [7, 11) is 0. The molecule has 108 valence electrons. The van der Waals surface area contributed by atoms with Gasteiger partial charge in [-0.2, -0.15) is 0 Å². The number of nitrogens with one attached hydrogen (secondary N) is 1. The van der Waals surface area contributed by atoms with Crippen LogP contribution in [0.1, 0.15) is 16.0 Å². The summed E-state index contributed by atoms with van der Waals surface area (Å²) in [5, 5.41) is 4.89. The van der Waals surface area contributed by atoms with Crippen LogP contribution in [0.2, 0.25) is 0 Å². The van der Waals surface area contributed by atoms with Gasteiger partial charge in [-0.3, -0.25) is 4.79 Å². The fourth-order valence-electron chi connectivity index (χ4n) is 2.36. The van der Waals surface area contributed by atoms with E-state index in [1.807, 2.05) is 35.7 Å². The summed E-state index contributed by atoms with van der Waals surface area (Å²) < 4.78 is 5.77. The van der Waals surface area contributed by atoms with E-state index in [1.165, 1.54) is 11.1 Å². The van der Waals surface area contributed by atoms with Crippen LogP contribution in [0.3, 0.4) is 0 Å². The van der Waals surface area contributed by atoms with Gasteiger partial charge in [-0.15, -0.1) is 11.3 Å². The number of carbonyl (C=O) groups is 1. The summed E-state index contributed by atoms with van der Waals surface area (Å²) in [6.45, 7) is 1.17. The highest BCUT2D eigenvalue weighted by molar-refractivity contribution is 7.10. The Morgan fingerprint density at radius 2 is 2.14 bits per heavy atom.